The van der Waals surface area contributed by atoms with Crippen molar-refractivity contribution in [3.05, 3.63) is 24.0 Å². The van der Waals surface area contributed by atoms with E-state index >= 15 is 0 Å². The van der Waals surface area contributed by atoms with Crippen molar-refractivity contribution in [1.29, 1.82) is 0 Å². The summed E-state index contributed by atoms with van der Waals surface area (Å²) in [4.78, 5) is 14.7. The Morgan fingerprint density at radius 2 is 2.38 bits per heavy atom. The highest BCUT2D eigenvalue weighted by atomic mass is 16.1. The number of anilines is 1. The molecule has 4 nitrogen and oxygen atoms in total. The van der Waals surface area contributed by atoms with Crippen LogP contribution in [0.1, 0.15) is 12.5 Å². The monoisotopic (exact) mass is 179 g/mol. The summed E-state index contributed by atoms with van der Waals surface area (Å²) in [6.07, 6.45) is 3.40. The van der Waals surface area contributed by atoms with Gasteiger partial charge >= 0.3 is 0 Å². The Morgan fingerprint density at radius 1 is 1.69 bits per heavy atom. The molecule has 0 saturated carbocycles. The quantitative estimate of drug-likeness (QED) is 0.716. The molecular weight excluding hydrogens is 166 g/mol. The number of nitrogens with one attached hydrogen (secondary N) is 1. The number of pyridine rings is 1. The van der Waals surface area contributed by atoms with Gasteiger partial charge in [0.25, 0.3) is 0 Å². The predicted molar refractivity (Wildman–Crippen MR) is 51.3 cm³/mol. The maximum absolute atomic E-state index is 10.8. The molecule has 1 heterocycles. The Kier molecular flexibility index (Phi) is 2.84. The van der Waals surface area contributed by atoms with E-state index in [1.54, 1.807) is 19.3 Å². The van der Waals surface area contributed by atoms with Gasteiger partial charge in [0.05, 0.1) is 0 Å². The van der Waals surface area contributed by atoms with Gasteiger partial charge in [-0.3, -0.25) is 9.78 Å². The van der Waals surface area contributed by atoms with E-state index in [1.807, 2.05) is 13.0 Å². The molecule has 1 unspecified atom stereocenters. The molecule has 0 radical (unpaired) electrons. The van der Waals surface area contributed by atoms with Gasteiger partial charge in [0.1, 0.15) is 6.04 Å². The number of nitrogens with two attached hydrogens (primary N) is 1. The third kappa shape index (κ3) is 2.43. The predicted octanol–water partition coefficient (Wildman–Crippen LogP) is 0.676. The number of carbonyl (C=O) groups is 1. The van der Waals surface area contributed by atoms with Crippen molar-refractivity contribution in [3.8, 4) is 0 Å². The number of amides is 1. The minimum atomic E-state index is -0.365. The minimum absolute atomic E-state index is 0.360. The summed E-state index contributed by atoms with van der Waals surface area (Å²) in [5, 5.41) is 3.00. The number of carbonyl (C=O) groups excluding carboxylic acids is 1. The van der Waals surface area contributed by atoms with E-state index < -0.39 is 0 Å². The number of nitrogens with zero attached hydrogens (tertiary/aromatic N) is 1. The maximum atomic E-state index is 10.8. The van der Waals surface area contributed by atoms with E-state index in [9.17, 15) is 4.79 Å². The van der Waals surface area contributed by atoms with Gasteiger partial charge in [-0.25, -0.2) is 0 Å². The van der Waals surface area contributed by atoms with E-state index in [-0.39, 0.29) is 11.9 Å². The zero-order chi connectivity index (χ0) is 9.84. The van der Waals surface area contributed by atoms with E-state index in [0.29, 0.717) is 0 Å². The third-order valence-corrected chi connectivity index (χ3v) is 1.82. The molecule has 0 fully saturated rings. The van der Waals surface area contributed by atoms with Crippen LogP contribution in [0.25, 0.3) is 0 Å². The van der Waals surface area contributed by atoms with Gasteiger partial charge in [-0.1, -0.05) is 0 Å². The zero-order valence-corrected chi connectivity index (χ0v) is 7.74. The Bertz CT molecular complexity index is 311. The maximum Gasteiger partial charge on any atom is 0.239 e. The van der Waals surface area contributed by atoms with Gasteiger partial charge in [-0.15, -0.1) is 0 Å². The van der Waals surface area contributed by atoms with Crippen LogP contribution in [-0.4, -0.2) is 16.9 Å². The van der Waals surface area contributed by atoms with Crippen LogP contribution in [0.15, 0.2) is 18.5 Å². The second-order valence-electron chi connectivity index (χ2n) is 2.96. The minimum Gasteiger partial charge on any atom is -0.374 e. The van der Waals surface area contributed by atoms with Crippen LogP contribution in [0, 0.1) is 6.92 Å². The second kappa shape index (κ2) is 3.89. The Balaban J connectivity index is 2.74. The molecule has 0 spiro atoms. The van der Waals surface area contributed by atoms with Gasteiger partial charge in [-0.2, -0.15) is 0 Å². The summed E-state index contributed by atoms with van der Waals surface area (Å²) >= 11 is 0. The summed E-state index contributed by atoms with van der Waals surface area (Å²) in [6, 6.07) is 1.45. The van der Waals surface area contributed by atoms with Crippen molar-refractivity contribution in [2.24, 2.45) is 5.73 Å². The van der Waals surface area contributed by atoms with Gasteiger partial charge in [-0.05, 0) is 25.5 Å². The van der Waals surface area contributed by atoms with Crippen LogP contribution < -0.4 is 11.1 Å². The van der Waals surface area contributed by atoms with Gasteiger partial charge in [0, 0.05) is 18.1 Å². The molecule has 4 heteroatoms. The molecule has 1 aromatic heterocycles. The number of hydrogen-bond donors (Lipinski definition) is 2. The van der Waals surface area contributed by atoms with Crippen molar-refractivity contribution in [1.82, 2.24) is 4.98 Å². The Labute approximate surface area is 77.2 Å². The Hall–Kier alpha value is -1.58. The summed E-state index contributed by atoms with van der Waals surface area (Å²) in [5.74, 6) is -0.365. The lowest BCUT2D eigenvalue weighted by Crippen LogP contribution is -2.32. The molecule has 0 aliphatic rings. The molecule has 0 saturated heterocycles. The molecule has 0 aliphatic heterocycles. The average Bonchev–Trinajstić information content (AvgIpc) is 2.08. The van der Waals surface area contributed by atoms with Crippen molar-refractivity contribution in [2.75, 3.05) is 5.32 Å². The number of rotatable bonds is 3. The molecule has 3 N–H and O–H groups in total. The van der Waals surface area contributed by atoms with Gasteiger partial charge in [0.2, 0.25) is 5.91 Å². The van der Waals surface area contributed by atoms with Crippen LogP contribution in [0.2, 0.25) is 0 Å². The fourth-order valence-electron chi connectivity index (χ4n) is 0.940. The molecule has 0 aromatic carbocycles. The smallest absolute Gasteiger partial charge is 0.239 e. The first-order chi connectivity index (χ1) is 6.11. The summed E-state index contributed by atoms with van der Waals surface area (Å²) < 4.78 is 0. The van der Waals surface area contributed by atoms with E-state index in [1.165, 1.54) is 0 Å². The van der Waals surface area contributed by atoms with Gasteiger partial charge in [0.15, 0.2) is 0 Å². The standard InChI is InChI=1S/C9H13N3O/c1-6-5-11-4-3-8(6)12-7(2)9(10)13/h3-5,7H,1-2H3,(H2,10,13)(H,11,12). The fraction of sp³-hybridized carbons (Fsp3) is 0.333. The molecular formula is C9H13N3O. The first kappa shape index (κ1) is 9.51. The van der Waals surface area contributed by atoms with E-state index in [2.05, 4.69) is 10.3 Å². The van der Waals surface area contributed by atoms with Crippen LogP contribution >= 0.6 is 0 Å². The van der Waals surface area contributed by atoms with Crippen molar-refractivity contribution < 1.29 is 4.79 Å². The van der Waals surface area contributed by atoms with Crippen LogP contribution in [0.3, 0.4) is 0 Å². The second-order valence-corrected chi connectivity index (χ2v) is 2.96. The molecule has 1 amide bonds. The molecule has 0 aliphatic carbocycles. The molecule has 0 bridgehead atoms. The lowest BCUT2D eigenvalue weighted by Gasteiger charge is -2.12. The molecule has 13 heavy (non-hydrogen) atoms. The molecule has 1 rings (SSSR count). The normalized spacial score (nSPS) is 12.2. The summed E-state index contributed by atoms with van der Waals surface area (Å²) in [5.41, 5.74) is 7.00. The number of aryl methyl sites for hydroxylation is 1. The highest BCUT2D eigenvalue weighted by molar-refractivity contribution is 5.82. The lowest BCUT2D eigenvalue weighted by molar-refractivity contribution is -0.118. The van der Waals surface area contributed by atoms with Crippen molar-refractivity contribution in [3.63, 3.8) is 0 Å². The average molecular weight is 179 g/mol. The molecule has 1 atom stereocenters. The molecule has 70 valence electrons. The highest BCUT2D eigenvalue weighted by Crippen LogP contribution is 2.12. The van der Waals surface area contributed by atoms with Crippen LogP contribution in [0.5, 0.6) is 0 Å². The summed E-state index contributed by atoms with van der Waals surface area (Å²) in [6.45, 7) is 3.64. The number of aromatic nitrogens is 1. The number of primary amides is 1. The van der Waals surface area contributed by atoms with Crippen LogP contribution in [0.4, 0.5) is 5.69 Å². The lowest BCUT2D eigenvalue weighted by atomic mass is 10.2. The van der Waals surface area contributed by atoms with Crippen molar-refractivity contribution in [2.45, 2.75) is 19.9 Å². The largest absolute Gasteiger partial charge is 0.374 e. The first-order valence-electron chi connectivity index (χ1n) is 4.07. The number of hydrogen-bond acceptors (Lipinski definition) is 3. The fourth-order valence-corrected chi connectivity index (χ4v) is 0.940. The summed E-state index contributed by atoms with van der Waals surface area (Å²) in [7, 11) is 0. The topological polar surface area (TPSA) is 68.0 Å². The highest BCUT2D eigenvalue weighted by Gasteiger charge is 2.08. The van der Waals surface area contributed by atoms with Crippen molar-refractivity contribution >= 4 is 11.6 Å². The first-order valence-corrected chi connectivity index (χ1v) is 4.07. The van der Waals surface area contributed by atoms with Gasteiger partial charge < -0.3 is 11.1 Å². The Morgan fingerprint density at radius 3 is 2.92 bits per heavy atom. The van der Waals surface area contributed by atoms with E-state index in [4.69, 9.17) is 5.73 Å². The van der Waals surface area contributed by atoms with Crippen LogP contribution in [-0.2, 0) is 4.79 Å². The SMILES string of the molecule is Cc1cnccc1NC(C)C(N)=O. The third-order valence-electron chi connectivity index (χ3n) is 1.82. The van der Waals surface area contributed by atoms with E-state index in [0.717, 1.165) is 11.3 Å². The zero-order valence-electron chi connectivity index (χ0n) is 7.74. The molecule has 1 aromatic rings.